The van der Waals surface area contributed by atoms with Crippen molar-refractivity contribution in [3.8, 4) is 0 Å². The standard InChI is InChI=1S/C15H23ClN2O/c1-9(2)12-7-11(8-13(16)18-12)14(19)17-10(3)15(4,5)6/h7-10H,1-6H3,(H,17,19). The molecular weight excluding hydrogens is 260 g/mol. The molecular formula is C15H23ClN2O. The molecule has 1 atom stereocenters. The van der Waals surface area contributed by atoms with Crippen LogP contribution in [0.5, 0.6) is 0 Å². The number of hydrogen-bond acceptors (Lipinski definition) is 2. The number of carbonyl (C=O) groups is 1. The Morgan fingerprint density at radius 2 is 1.84 bits per heavy atom. The lowest BCUT2D eigenvalue weighted by Crippen LogP contribution is -2.41. The van der Waals surface area contributed by atoms with Gasteiger partial charge in [0.15, 0.2) is 0 Å². The van der Waals surface area contributed by atoms with Gasteiger partial charge in [0, 0.05) is 17.3 Å². The average molecular weight is 283 g/mol. The van der Waals surface area contributed by atoms with Crippen LogP contribution in [0, 0.1) is 5.41 Å². The number of aromatic nitrogens is 1. The molecule has 106 valence electrons. The van der Waals surface area contributed by atoms with Crippen molar-refractivity contribution in [1.29, 1.82) is 0 Å². The highest BCUT2D eigenvalue weighted by Crippen LogP contribution is 2.21. The summed E-state index contributed by atoms with van der Waals surface area (Å²) in [6.07, 6.45) is 0. The smallest absolute Gasteiger partial charge is 0.251 e. The molecule has 1 rings (SSSR count). The van der Waals surface area contributed by atoms with Crippen molar-refractivity contribution in [1.82, 2.24) is 10.3 Å². The molecule has 1 amide bonds. The Morgan fingerprint density at radius 1 is 1.26 bits per heavy atom. The fraction of sp³-hybridized carbons (Fsp3) is 0.600. The molecule has 1 unspecified atom stereocenters. The summed E-state index contributed by atoms with van der Waals surface area (Å²) in [5.41, 5.74) is 1.42. The quantitative estimate of drug-likeness (QED) is 0.851. The third-order valence-corrected chi connectivity index (χ3v) is 3.51. The molecule has 1 aromatic rings. The van der Waals surface area contributed by atoms with Crippen LogP contribution in [0.1, 0.15) is 63.5 Å². The predicted molar refractivity (Wildman–Crippen MR) is 79.7 cm³/mol. The first-order valence-corrected chi connectivity index (χ1v) is 6.97. The summed E-state index contributed by atoms with van der Waals surface area (Å²) < 4.78 is 0. The van der Waals surface area contributed by atoms with E-state index in [-0.39, 0.29) is 23.3 Å². The molecule has 0 radical (unpaired) electrons. The van der Waals surface area contributed by atoms with Crippen LogP contribution >= 0.6 is 11.6 Å². The van der Waals surface area contributed by atoms with Gasteiger partial charge in [-0.05, 0) is 30.4 Å². The van der Waals surface area contributed by atoms with Crippen LogP contribution in [0.25, 0.3) is 0 Å². The molecule has 0 fully saturated rings. The molecule has 0 aliphatic rings. The van der Waals surface area contributed by atoms with E-state index in [9.17, 15) is 4.79 Å². The molecule has 0 aliphatic heterocycles. The van der Waals surface area contributed by atoms with Crippen LogP contribution in [0.2, 0.25) is 5.15 Å². The van der Waals surface area contributed by atoms with Gasteiger partial charge in [-0.2, -0.15) is 0 Å². The highest BCUT2D eigenvalue weighted by Gasteiger charge is 2.22. The number of hydrogen-bond donors (Lipinski definition) is 1. The third kappa shape index (κ3) is 4.50. The van der Waals surface area contributed by atoms with E-state index in [0.29, 0.717) is 10.7 Å². The van der Waals surface area contributed by atoms with Gasteiger partial charge in [-0.25, -0.2) is 4.98 Å². The first kappa shape index (κ1) is 16.0. The van der Waals surface area contributed by atoms with Crippen LogP contribution in [-0.4, -0.2) is 16.9 Å². The Labute approximate surface area is 120 Å². The maximum Gasteiger partial charge on any atom is 0.251 e. The first-order chi connectivity index (χ1) is 8.61. The summed E-state index contributed by atoms with van der Waals surface area (Å²) in [6.45, 7) is 12.3. The molecule has 0 spiro atoms. The topological polar surface area (TPSA) is 42.0 Å². The Kier molecular flexibility index (Phi) is 4.97. The summed E-state index contributed by atoms with van der Waals surface area (Å²) in [5, 5.41) is 3.37. The van der Waals surface area contributed by atoms with E-state index in [1.165, 1.54) is 0 Å². The monoisotopic (exact) mass is 282 g/mol. The van der Waals surface area contributed by atoms with Gasteiger partial charge in [-0.3, -0.25) is 4.79 Å². The molecule has 0 bridgehead atoms. The molecule has 0 saturated carbocycles. The maximum atomic E-state index is 12.2. The average Bonchev–Trinajstić information content (AvgIpc) is 2.26. The zero-order valence-electron chi connectivity index (χ0n) is 12.5. The third-order valence-electron chi connectivity index (χ3n) is 3.31. The van der Waals surface area contributed by atoms with E-state index in [1.807, 2.05) is 20.8 Å². The van der Waals surface area contributed by atoms with Gasteiger partial charge in [-0.15, -0.1) is 0 Å². The predicted octanol–water partition coefficient (Wildman–Crippen LogP) is 4.02. The molecule has 0 aliphatic carbocycles. The van der Waals surface area contributed by atoms with Crippen molar-refractivity contribution in [2.45, 2.75) is 53.5 Å². The summed E-state index contributed by atoms with van der Waals surface area (Å²) in [4.78, 5) is 16.5. The van der Waals surface area contributed by atoms with Crippen molar-refractivity contribution in [3.63, 3.8) is 0 Å². The molecule has 0 aromatic carbocycles. The fourth-order valence-corrected chi connectivity index (χ4v) is 1.66. The van der Waals surface area contributed by atoms with E-state index in [0.717, 1.165) is 5.69 Å². The number of nitrogens with zero attached hydrogens (tertiary/aromatic N) is 1. The van der Waals surface area contributed by atoms with Crippen molar-refractivity contribution in [3.05, 3.63) is 28.5 Å². The molecule has 1 aromatic heterocycles. The van der Waals surface area contributed by atoms with Crippen molar-refractivity contribution in [2.24, 2.45) is 5.41 Å². The highest BCUT2D eigenvalue weighted by molar-refractivity contribution is 6.29. The number of halogens is 1. The van der Waals surface area contributed by atoms with Gasteiger partial charge < -0.3 is 5.32 Å². The van der Waals surface area contributed by atoms with E-state index < -0.39 is 0 Å². The van der Waals surface area contributed by atoms with E-state index in [2.05, 4.69) is 31.1 Å². The molecule has 3 nitrogen and oxygen atoms in total. The SMILES string of the molecule is CC(C)c1cc(C(=O)NC(C)C(C)(C)C)cc(Cl)n1. The minimum Gasteiger partial charge on any atom is -0.349 e. The van der Waals surface area contributed by atoms with Crippen molar-refractivity contribution < 1.29 is 4.79 Å². The second-order valence-electron chi connectivity index (χ2n) is 6.32. The van der Waals surface area contributed by atoms with Gasteiger partial charge in [0.25, 0.3) is 5.91 Å². The number of carbonyl (C=O) groups excluding carboxylic acids is 1. The summed E-state index contributed by atoms with van der Waals surface area (Å²) >= 11 is 5.97. The maximum absolute atomic E-state index is 12.2. The van der Waals surface area contributed by atoms with Crippen LogP contribution < -0.4 is 5.32 Å². The van der Waals surface area contributed by atoms with Crippen molar-refractivity contribution >= 4 is 17.5 Å². The largest absolute Gasteiger partial charge is 0.349 e. The Balaban J connectivity index is 2.94. The lowest BCUT2D eigenvalue weighted by atomic mass is 9.88. The highest BCUT2D eigenvalue weighted by atomic mass is 35.5. The number of nitrogens with one attached hydrogen (secondary N) is 1. The minimum absolute atomic E-state index is 0.0212. The van der Waals surface area contributed by atoms with Gasteiger partial charge in [-0.1, -0.05) is 46.2 Å². The fourth-order valence-electron chi connectivity index (χ4n) is 1.44. The van der Waals surface area contributed by atoms with Crippen LogP contribution in [0.4, 0.5) is 0 Å². The van der Waals surface area contributed by atoms with E-state index in [4.69, 9.17) is 11.6 Å². The summed E-state index contributed by atoms with van der Waals surface area (Å²) in [6, 6.07) is 3.49. The van der Waals surface area contributed by atoms with E-state index >= 15 is 0 Å². The Bertz CT molecular complexity index is 464. The zero-order chi connectivity index (χ0) is 14.8. The lowest BCUT2D eigenvalue weighted by molar-refractivity contribution is 0.0910. The van der Waals surface area contributed by atoms with Gasteiger partial charge in [0.2, 0.25) is 0 Å². The first-order valence-electron chi connectivity index (χ1n) is 6.59. The van der Waals surface area contributed by atoms with Crippen LogP contribution in [0.15, 0.2) is 12.1 Å². The van der Waals surface area contributed by atoms with Gasteiger partial charge >= 0.3 is 0 Å². The summed E-state index contributed by atoms with van der Waals surface area (Å²) in [5.74, 6) is 0.138. The lowest BCUT2D eigenvalue weighted by Gasteiger charge is -2.28. The molecule has 0 saturated heterocycles. The Morgan fingerprint density at radius 3 is 2.32 bits per heavy atom. The van der Waals surface area contributed by atoms with Gasteiger partial charge in [0.05, 0.1) is 0 Å². The van der Waals surface area contributed by atoms with Crippen molar-refractivity contribution in [2.75, 3.05) is 0 Å². The van der Waals surface area contributed by atoms with Crippen LogP contribution in [-0.2, 0) is 0 Å². The second-order valence-corrected chi connectivity index (χ2v) is 6.71. The second kappa shape index (κ2) is 5.91. The normalized spacial score (nSPS) is 13.5. The molecule has 19 heavy (non-hydrogen) atoms. The zero-order valence-corrected chi connectivity index (χ0v) is 13.3. The number of amides is 1. The number of rotatable bonds is 3. The Hall–Kier alpha value is -1.09. The van der Waals surface area contributed by atoms with Gasteiger partial charge in [0.1, 0.15) is 5.15 Å². The molecule has 1 N–H and O–H groups in total. The summed E-state index contributed by atoms with van der Waals surface area (Å²) in [7, 11) is 0. The molecule has 1 heterocycles. The van der Waals surface area contributed by atoms with E-state index in [1.54, 1.807) is 12.1 Å². The van der Waals surface area contributed by atoms with Crippen LogP contribution in [0.3, 0.4) is 0 Å². The molecule has 4 heteroatoms. The minimum atomic E-state index is -0.103. The number of pyridine rings is 1.